The Hall–Kier alpha value is -2.51. The number of rotatable bonds is 3. The van der Waals surface area contributed by atoms with Crippen LogP contribution in [0.15, 0.2) is 35.7 Å². The molecule has 3 aromatic rings. The summed E-state index contributed by atoms with van der Waals surface area (Å²) in [6.45, 7) is 4.12. The normalized spacial score (nSPS) is 12.9. The summed E-state index contributed by atoms with van der Waals surface area (Å²) in [4.78, 5) is 31.0. The molecule has 0 spiro atoms. The molecule has 2 amide bonds. The molecule has 1 aromatic carbocycles. The minimum absolute atomic E-state index is 0.0254. The van der Waals surface area contributed by atoms with E-state index in [4.69, 9.17) is 0 Å². The molecule has 1 aliphatic heterocycles. The summed E-state index contributed by atoms with van der Waals surface area (Å²) in [5.74, 6) is -0.162. The van der Waals surface area contributed by atoms with Gasteiger partial charge >= 0.3 is 0 Å². The number of thiophene rings is 1. The van der Waals surface area contributed by atoms with Crippen LogP contribution >= 0.6 is 22.7 Å². The van der Waals surface area contributed by atoms with Gasteiger partial charge in [0.25, 0.3) is 5.91 Å². The summed E-state index contributed by atoms with van der Waals surface area (Å²) in [5, 5.41) is 6.52. The number of nitrogens with one attached hydrogen (secondary N) is 1. The van der Waals surface area contributed by atoms with E-state index in [1.165, 1.54) is 23.8 Å². The van der Waals surface area contributed by atoms with Crippen molar-refractivity contribution < 1.29 is 9.59 Å². The minimum Gasteiger partial charge on any atom is -0.318 e. The smallest absolute Gasteiger partial charge is 0.268 e. The third-order valence-corrected chi connectivity index (χ3v) is 6.01. The van der Waals surface area contributed by atoms with Crippen LogP contribution in [-0.2, 0) is 11.2 Å². The minimum atomic E-state index is -0.137. The van der Waals surface area contributed by atoms with E-state index in [9.17, 15) is 9.59 Å². The van der Waals surface area contributed by atoms with Crippen LogP contribution in [0.1, 0.15) is 27.2 Å². The van der Waals surface area contributed by atoms with Crippen molar-refractivity contribution in [1.29, 1.82) is 0 Å². The van der Waals surface area contributed by atoms with Gasteiger partial charge in [-0.25, -0.2) is 4.98 Å². The zero-order valence-electron chi connectivity index (χ0n) is 14.4. The van der Waals surface area contributed by atoms with E-state index < -0.39 is 0 Å². The quantitative estimate of drug-likeness (QED) is 0.732. The first-order valence-electron chi connectivity index (χ1n) is 8.26. The van der Waals surface area contributed by atoms with E-state index in [1.807, 2.05) is 24.0 Å². The summed E-state index contributed by atoms with van der Waals surface area (Å²) >= 11 is 2.94. The summed E-state index contributed by atoms with van der Waals surface area (Å²) in [6, 6.07) is 9.70. The Morgan fingerprint density at radius 2 is 2.08 bits per heavy atom. The molecule has 0 fully saturated rings. The second-order valence-corrected chi connectivity index (χ2v) is 8.29. The maximum Gasteiger partial charge on any atom is 0.268 e. The lowest BCUT2D eigenvalue weighted by molar-refractivity contribution is -0.114. The van der Waals surface area contributed by atoms with Crippen LogP contribution in [0.25, 0.3) is 11.3 Å². The van der Waals surface area contributed by atoms with E-state index in [0.717, 1.165) is 28.4 Å². The first-order valence-corrected chi connectivity index (χ1v) is 9.95. The van der Waals surface area contributed by atoms with Gasteiger partial charge in [0, 0.05) is 30.1 Å². The van der Waals surface area contributed by atoms with E-state index in [-0.39, 0.29) is 11.8 Å². The molecule has 0 aliphatic carbocycles. The fourth-order valence-electron chi connectivity index (χ4n) is 3.09. The lowest BCUT2D eigenvalue weighted by Crippen LogP contribution is -2.28. The van der Waals surface area contributed by atoms with Gasteiger partial charge in [-0.15, -0.1) is 22.7 Å². The van der Waals surface area contributed by atoms with Gasteiger partial charge in [-0.3, -0.25) is 9.59 Å². The molecular formula is C19H17N3O2S2. The summed E-state index contributed by atoms with van der Waals surface area (Å²) < 4.78 is 0. The average Bonchev–Trinajstić information content (AvgIpc) is 3.32. The van der Waals surface area contributed by atoms with E-state index in [2.05, 4.69) is 21.7 Å². The fraction of sp³-hybridized carbons (Fsp3) is 0.211. The third-order valence-electron chi connectivity index (χ3n) is 4.25. The molecule has 1 N–H and O–H groups in total. The van der Waals surface area contributed by atoms with Crippen LogP contribution in [-0.4, -0.2) is 23.3 Å². The average molecular weight is 383 g/mol. The first kappa shape index (κ1) is 16.9. The number of hydrogen-bond donors (Lipinski definition) is 1. The molecule has 2 aromatic heterocycles. The molecule has 0 radical (unpaired) electrons. The van der Waals surface area contributed by atoms with Gasteiger partial charge in [0.05, 0.1) is 20.6 Å². The molecule has 5 nitrogen and oxygen atoms in total. The van der Waals surface area contributed by atoms with Crippen LogP contribution in [0.2, 0.25) is 0 Å². The van der Waals surface area contributed by atoms with Gasteiger partial charge in [-0.05, 0) is 43.2 Å². The first-order chi connectivity index (χ1) is 12.5. The topological polar surface area (TPSA) is 62.3 Å². The fourth-order valence-corrected chi connectivity index (χ4v) is 4.62. The zero-order valence-corrected chi connectivity index (χ0v) is 16.0. The molecule has 0 bridgehead atoms. The lowest BCUT2D eigenvalue weighted by Gasteiger charge is -2.16. The van der Waals surface area contributed by atoms with Crippen molar-refractivity contribution in [2.24, 2.45) is 0 Å². The van der Waals surface area contributed by atoms with Crippen molar-refractivity contribution >= 4 is 45.2 Å². The largest absolute Gasteiger partial charge is 0.318 e. The second-order valence-electron chi connectivity index (χ2n) is 6.15. The van der Waals surface area contributed by atoms with Crippen molar-refractivity contribution in [3.05, 3.63) is 51.2 Å². The number of amides is 2. The maximum atomic E-state index is 12.9. The molecule has 0 saturated carbocycles. The molecule has 0 unspecified atom stereocenters. The number of thiazole rings is 1. The Kier molecular flexibility index (Phi) is 4.34. The Labute approximate surface area is 159 Å². The zero-order chi connectivity index (χ0) is 18.3. The highest BCUT2D eigenvalue weighted by molar-refractivity contribution is 7.18. The molecule has 132 valence electrons. The predicted molar refractivity (Wildman–Crippen MR) is 106 cm³/mol. The van der Waals surface area contributed by atoms with Crippen molar-refractivity contribution in [3.63, 3.8) is 0 Å². The van der Waals surface area contributed by atoms with Gasteiger partial charge < -0.3 is 10.2 Å². The van der Waals surface area contributed by atoms with Gasteiger partial charge in [0.15, 0.2) is 0 Å². The van der Waals surface area contributed by atoms with E-state index >= 15 is 0 Å². The lowest BCUT2D eigenvalue weighted by atomic mass is 10.1. The summed E-state index contributed by atoms with van der Waals surface area (Å²) in [5.41, 5.74) is 4.20. The molecule has 0 atom stereocenters. The van der Waals surface area contributed by atoms with E-state index in [0.29, 0.717) is 16.4 Å². The highest BCUT2D eigenvalue weighted by atomic mass is 32.1. The maximum absolute atomic E-state index is 12.9. The van der Waals surface area contributed by atoms with Gasteiger partial charge in [0.2, 0.25) is 5.91 Å². The Balaban J connectivity index is 1.58. The van der Waals surface area contributed by atoms with Gasteiger partial charge in [-0.1, -0.05) is 6.07 Å². The van der Waals surface area contributed by atoms with Crippen molar-refractivity contribution in [2.75, 3.05) is 16.8 Å². The Morgan fingerprint density at radius 3 is 2.81 bits per heavy atom. The summed E-state index contributed by atoms with van der Waals surface area (Å²) in [7, 11) is 0. The molecule has 4 rings (SSSR count). The number of fused-ring (bicyclic) bond motifs is 1. The standard InChI is InChI=1S/C19H17N3O2S2/c1-11(23)20-18-6-5-17(26-18)19(24)22-8-7-14-9-13(3-4-16(14)22)15-10-25-12(2)21-15/h3-6,9-10H,7-8H2,1-2H3,(H,20,23). The molecule has 3 heterocycles. The number of nitrogens with zero attached hydrogens (tertiary/aromatic N) is 2. The van der Waals surface area contributed by atoms with Crippen LogP contribution in [0.5, 0.6) is 0 Å². The second kappa shape index (κ2) is 6.66. The predicted octanol–water partition coefficient (Wildman–Crippen LogP) is 4.34. The van der Waals surface area contributed by atoms with Crippen LogP contribution < -0.4 is 10.2 Å². The number of benzene rings is 1. The monoisotopic (exact) mass is 383 g/mol. The molecule has 7 heteroatoms. The number of aryl methyl sites for hydroxylation is 1. The number of aromatic nitrogens is 1. The van der Waals surface area contributed by atoms with E-state index in [1.54, 1.807) is 23.5 Å². The number of carbonyl (C=O) groups is 2. The third kappa shape index (κ3) is 3.15. The number of carbonyl (C=O) groups excluding carboxylic acids is 2. The van der Waals surface area contributed by atoms with Crippen molar-refractivity contribution in [1.82, 2.24) is 4.98 Å². The molecule has 0 saturated heterocycles. The molecular weight excluding hydrogens is 366 g/mol. The van der Waals surface area contributed by atoms with Crippen LogP contribution in [0.4, 0.5) is 10.7 Å². The number of anilines is 2. The summed E-state index contributed by atoms with van der Waals surface area (Å²) in [6.07, 6.45) is 0.835. The Bertz CT molecular complexity index is 1010. The Morgan fingerprint density at radius 1 is 1.23 bits per heavy atom. The highest BCUT2D eigenvalue weighted by Crippen LogP contribution is 2.34. The van der Waals surface area contributed by atoms with Gasteiger partial charge in [0.1, 0.15) is 0 Å². The van der Waals surface area contributed by atoms with Gasteiger partial charge in [-0.2, -0.15) is 0 Å². The van der Waals surface area contributed by atoms with Crippen molar-refractivity contribution in [2.45, 2.75) is 20.3 Å². The highest BCUT2D eigenvalue weighted by Gasteiger charge is 2.27. The number of hydrogen-bond acceptors (Lipinski definition) is 5. The SMILES string of the molecule is CC(=O)Nc1ccc(C(=O)N2CCc3cc(-c4csc(C)n4)ccc32)s1. The van der Waals surface area contributed by atoms with Crippen molar-refractivity contribution in [3.8, 4) is 11.3 Å². The van der Waals surface area contributed by atoms with Crippen LogP contribution in [0, 0.1) is 6.92 Å². The molecule has 1 aliphatic rings. The molecule has 26 heavy (non-hydrogen) atoms. The van der Waals surface area contributed by atoms with Crippen LogP contribution in [0.3, 0.4) is 0 Å².